The van der Waals surface area contributed by atoms with Crippen LogP contribution < -0.4 is 19.7 Å². The maximum atomic E-state index is 12.9. The van der Waals surface area contributed by atoms with Gasteiger partial charge in [0.25, 0.3) is 5.91 Å². The van der Waals surface area contributed by atoms with Crippen molar-refractivity contribution in [3.8, 4) is 11.5 Å². The van der Waals surface area contributed by atoms with E-state index in [1.165, 1.54) is 0 Å². The lowest BCUT2D eigenvalue weighted by molar-refractivity contribution is -0.127. The molecule has 0 saturated carbocycles. The highest BCUT2D eigenvalue weighted by Crippen LogP contribution is 2.38. The average Bonchev–Trinajstić information content (AvgIpc) is 2.88. The molecule has 0 unspecified atom stereocenters. The van der Waals surface area contributed by atoms with E-state index in [1.807, 2.05) is 56.3 Å². The van der Waals surface area contributed by atoms with E-state index in [2.05, 4.69) is 11.9 Å². The monoisotopic (exact) mass is 430 g/mol. The summed E-state index contributed by atoms with van der Waals surface area (Å²) in [6.07, 6.45) is 1.68. The van der Waals surface area contributed by atoms with Crippen molar-refractivity contribution in [3.05, 3.63) is 73.3 Å². The van der Waals surface area contributed by atoms with E-state index in [0.717, 1.165) is 10.8 Å². The van der Waals surface area contributed by atoms with E-state index in [1.54, 1.807) is 29.2 Å². The molecule has 1 heterocycles. The first-order valence-electron chi connectivity index (χ1n) is 10.5. The lowest BCUT2D eigenvalue weighted by Gasteiger charge is -2.27. The maximum Gasteiger partial charge on any atom is 0.262 e. The minimum Gasteiger partial charge on any atom is -0.490 e. The van der Waals surface area contributed by atoms with E-state index in [0.29, 0.717) is 29.4 Å². The molecule has 0 saturated heterocycles. The fourth-order valence-corrected chi connectivity index (χ4v) is 3.64. The van der Waals surface area contributed by atoms with Crippen molar-refractivity contribution in [3.63, 3.8) is 0 Å². The van der Waals surface area contributed by atoms with E-state index in [4.69, 9.17) is 9.47 Å². The molecule has 3 aromatic carbocycles. The molecule has 0 atom stereocenters. The normalized spacial score (nSPS) is 14.8. The molecule has 0 spiro atoms. The molecule has 32 heavy (non-hydrogen) atoms. The van der Waals surface area contributed by atoms with Crippen molar-refractivity contribution in [2.75, 3.05) is 30.0 Å². The minimum absolute atomic E-state index is 0.0308. The Morgan fingerprint density at radius 3 is 2.72 bits per heavy atom. The third-order valence-corrected chi connectivity index (χ3v) is 5.35. The Hall–Kier alpha value is -3.80. The summed E-state index contributed by atoms with van der Waals surface area (Å²) in [7, 11) is 0. The summed E-state index contributed by atoms with van der Waals surface area (Å²) in [5, 5.41) is 4.99. The summed E-state index contributed by atoms with van der Waals surface area (Å²) in [5.41, 5.74) is 0.562. The Labute approximate surface area is 187 Å². The van der Waals surface area contributed by atoms with Crippen LogP contribution in [0.25, 0.3) is 10.8 Å². The second-order valence-corrected chi connectivity index (χ2v) is 8.41. The Morgan fingerprint density at radius 2 is 1.94 bits per heavy atom. The van der Waals surface area contributed by atoms with Crippen LogP contribution in [0.1, 0.15) is 13.8 Å². The van der Waals surface area contributed by atoms with Crippen molar-refractivity contribution in [2.45, 2.75) is 13.8 Å². The molecular weight excluding hydrogens is 404 g/mol. The molecule has 2 amide bonds. The third-order valence-electron chi connectivity index (χ3n) is 5.35. The van der Waals surface area contributed by atoms with E-state index < -0.39 is 5.41 Å². The highest BCUT2D eigenvalue weighted by atomic mass is 16.5. The molecule has 0 fully saturated rings. The predicted molar refractivity (Wildman–Crippen MR) is 126 cm³/mol. The van der Waals surface area contributed by atoms with Gasteiger partial charge < -0.3 is 19.7 Å². The van der Waals surface area contributed by atoms with Crippen LogP contribution in [0.15, 0.2) is 73.3 Å². The van der Waals surface area contributed by atoms with E-state index in [-0.39, 0.29) is 25.0 Å². The van der Waals surface area contributed by atoms with Crippen LogP contribution in [0, 0.1) is 5.41 Å². The number of rotatable bonds is 6. The van der Waals surface area contributed by atoms with Crippen molar-refractivity contribution < 1.29 is 19.1 Å². The summed E-state index contributed by atoms with van der Waals surface area (Å²) in [6, 6.07) is 18.9. The van der Waals surface area contributed by atoms with Gasteiger partial charge in [0.05, 0.1) is 11.1 Å². The fourth-order valence-electron chi connectivity index (χ4n) is 3.64. The lowest BCUT2D eigenvalue weighted by Crippen LogP contribution is -2.42. The smallest absolute Gasteiger partial charge is 0.262 e. The lowest BCUT2D eigenvalue weighted by atomic mass is 9.93. The number of carbonyl (C=O) groups is 2. The number of ether oxygens (including phenoxy) is 2. The van der Waals surface area contributed by atoms with Gasteiger partial charge in [-0.05, 0) is 48.9 Å². The number of anilines is 2. The van der Waals surface area contributed by atoms with Crippen molar-refractivity contribution in [1.82, 2.24) is 0 Å². The SMILES string of the molecule is C=CCN1C(=O)C(C)(C)COc2cc(NC(=O)COc3ccc4ccccc4c3)ccc21. The van der Waals surface area contributed by atoms with Gasteiger partial charge in [0.15, 0.2) is 6.61 Å². The van der Waals surface area contributed by atoms with Crippen LogP contribution in [0.3, 0.4) is 0 Å². The van der Waals surface area contributed by atoms with Crippen molar-refractivity contribution >= 4 is 34.0 Å². The maximum absolute atomic E-state index is 12.9. The number of nitrogens with one attached hydrogen (secondary N) is 1. The Bertz CT molecular complexity index is 1190. The molecule has 6 nitrogen and oxygen atoms in total. The third kappa shape index (κ3) is 4.44. The van der Waals surface area contributed by atoms with Crippen LogP contribution in [0.2, 0.25) is 0 Å². The number of hydrogen-bond donors (Lipinski definition) is 1. The Kier molecular flexibility index (Phi) is 5.86. The van der Waals surface area contributed by atoms with Crippen LogP contribution in [-0.2, 0) is 9.59 Å². The number of carbonyl (C=O) groups excluding carboxylic acids is 2. The van der Waals surface area contributed by atoms with E-state index in [9.17, 15) is 9.59 Å². The highest BCUT2D eigenvalue weighted by molar-refractivity contribution is 6.00. The molecule has 0 radical (unpaired) electrons. The molecule has 0 aliphatic carbocycles. The van der Waals surface area contributed by atoms with Crippen molar-refractivity contribution in [2.24, 2.45) is 5.41 Å². The molecule has 164 valence electrons. The van der Waals surface area contributed by atoms with Gasteiger partial charge in [-0.1, -0.05) is 36.4 Å². The highest BCUT2D eigenvalue weighted by Gasteiger charge is 2.37. The number of nitrogens with zero attached hydrogens (tertiary/aromatic N) is 1. The molecule has 1 N–H and O–H groups in total. The van der Waals surface area contributed by atoms with Crippen LogP contribution in [0.4, 0.5) is 11.4 Å². The van der Waals surface area contributed by atoms with Gasteiger partial charge >= 0.3 is 0 Å². The quantitative estimate of drug-likeness (QED) is 0.571. The molecule has 1 aliphatic rings. The molecular formula is C26H26N2O4. The molecule has 4 rings (SSSR count). The summed E-state index contributed by atoms with van der Waals surface area (Å²) < 4.78 is 11.6. The first-order valence-corrected chi connectivity index (χ1v) is 10.5. The number of benzene rings is 3. The molecule has 0 aromatic heterocycles. The van der Waals surface area contributed by atoms with E-state index >= 15 is 0 Å². The van der Waals surface area contributed by atoms with Gasteiger partial charge in [-0.2, -0.15) is 0 Å². The average molecular weight is 431 g/mol. The van der Waals surface area contributed by atoms with Gasteiger partial charge in [-0.15, -0.1) is 6.58 Å². The standard InChI is InChI=1S/C26H26N2O4/c1-4-13-28-22-12-10-20(15-23(22)32-17-26(2,3)25(28)30)27-24(29)16-31-21-11-9-18-7-5-6-8-19(18)14-21/h4-12,14-15H,1,13,16-17H2,2-3H3,(H,27,29). The van der Waals surface area contributed by atoms with Crippen LogP contribution >= 0.6 is 0 Å². The summed E-state index contributed by atoms with van der Waals surface area (Å²) in [6.45, 7) is 7.96. The van der Waals surface area contributed by atoms with Gasteiger partial charge in [-0.3, -0.25) is 9.59 Å². The largest absolute Gasteiger partial charge is 0.490 e. The summed E-state index contributed by atoms with van der Waals surface area (Å²) >= 11 is 0. The van der Waals surface area contributed by atoms with Gasteiger partial charge in [0.1, 0.15) is 18.1 Å². The molecule has 3 aromatic rings. The fraction of sp³-hybridized carbons (Fsp3) is 0.231. The predicted octanol–water partition coefficient (Wildman–Crippen LogP) is 4.79. The zero-order chi connectivity index (χ0) is 22.7. The second kappa shape index (κ2) is 8.75. The number of fused-ring (bicyclic) bond motifs is 2. The van der Waals surface area contributed by atoms with Gasteiger partial charge in [0.2, 0.25) is 5.91 Å². The van der Waals surface area contributed by atoms with Gasteiger partial charge in [-0.25, -0.2) is 0 Å². The number of hydrogen-bond acceptors (Lipinski definition) is 4. The van der Waals surface area contributed by atoms with Crippen LogP contribution in [0.5, 0.6) is 11.5 Å². The molecule has 6 heteroatoms. The second-order valence-electron chi connectivity index (χ2n) is 8.41. The van der Waals surface area contributed by atoms with Crippen molar-refractivity contribution in [1.29, 1.82) is 0 Å². The Balaban J connectivity index is 1.45. The minimum atomic E-state index is -0.668. The van der Waals surface area contributed by atoms with Gasteiger partial charge in [0, 0.05) is 18.3 Å². The molecule has 0 bridgehead atoms. The topological polar surface area (TPSA) is 67.9 Å². The summed E-state index contributed by atoms with van der Waals surface area (Å²) in [5.74, 6) is 0.853. The summed E-state index contributed by atoms with van der Waals surface area (Å²) in [4.78, 5) is 27.0. The first kappa shape index (κ1) is 21.4. The number of amides is 2. The molecule has 1 aliphatic heterocycles. The first-order chi connectivity index (χ1) is 15.4. The Morgan fingerprint density at radius 1 is 1.16 bits per heavy atom. The zero-order valence-electron chi connectivity index (χ0n) is 18.3. The van der Waals surface area contributed by atoms with Crippen LogP contribution in [-0.4, -0.2) is 31.6 Å². The zero-order valence-corrected chi connectivity index (χ0v) is 18.3.